The van der Waals surface area contributed by atoms with Gasteiger partial charge in [0.25, 0.3) is 5.91 Å². The highest BCUT2D eigenvalue weighted by molar-refractivity contribution is 7.21. The number of nitrogens with zero attached hydrogens (tertiary/aromatic N) is 1. The molecule has 0 bridgehead atoms. The topological polar surface area (TPSA) is 106 Å². The Morgan fingerprint density at radius 3 is 2.59 bits per heavy atom. The number of pyridine rings is 1. The number of anilines is 1. The predicted molar refractivity (Wildman–Crippen MR) is 133 cm³/mol. The molecule has 4 aromatic rings. The first-order valence-corrected chi connectivity index (χ1v) is 11.5. The van der Waals surface area contributed by atoms with Gasteiger partial charge in [-0.1, -0.05) is 18.2 Å². The van der Waals surface area contributed by atoms with Crippen molar-refractivity contribution >= 4 is 55.8 Å². The van der Waals surface area contributed by atoms with Gasteiger partial charge in [-0.3, -0.25) is 14.4 Å². The highest BCUT2D eigenvalue weighted by Gasteiger charge is 2.22. The summed E-state index contributed by atoms with van der Waals surface area (Å²) in [4.78, 5) is 41.9. The van der Waals surface area contributed by atoms with E-state index in [2.05, 4.69) is 10.3 Å². The highest BCUT2D eigenvalue weighted by atomic mass is 32.1. The van der Waals surface area contributed by atoms with Crippen molar-refractivity contribution in [2.75, 3.05) is 12.4 Å². The highest BCUT2D eigenvalue weighted by Crippen LogP contribution is 2.37. The number of amides is 1. The fourth-order valence-corrected chi connectivity index (χ4v) is 5.45. The van der Waals surface area contributed by atoms with E-state index < -0.39 is 11.9 Å². The molecular formula is C26H24N2O5S. The third-order valence-corrected chi connectivity index (χ3v) is 7.22. The number of rotatable bonds is 7. The van der Waals surface area contributed by atoms with Gasteiger partial charge in [0, 0.05) is 28.1 Å². The van der Waals surface area contributed by atoms with E-state index in [1.807, 2.05) is 13.0 Å². The van der Waals surface area contributed by atoms with E-state index in [9.17, 15) is 19.5 Å². The summed E-state index contributed by atoms with van der Waals surface area (Å²) in [5.74, 6) is -1.62. The number of thiophene rings is 1. The zero-order chi connectivity index (χ0) is 24.6. The maximum Gasteiger partial charge on any atom is 0.310 e. The Bertz CT molecular complexity index is 1460. The Kier molecular flexibility index (Phi) is 6.45. The van der Waals surface area contributed by atoms with Crippen LogP contribution in [0, 0.1) is 6.92 Å². The molecule has 1 atom stereocenters. The standard InChI is InChI=1S/C26H24N2O5S/c1-13(26(31)32)17-6-5-7-20-19(17)10-11-21(27-20)28-25(30)23-14(2)22-16(12-33-4)8-9-18(15(3)29)24(22)34-23/h5-11,13H,12H2,1-4H3,(H,31,32)(H,27,28,30). The zero-order valence-corrected chi connectivity index (χ0v) is 20.1. The largest absolute Gasteiger partial charge is 0.481 e. The summed E-state index contributed by atoms with van der Waals surface area (Å²) in [6, 6.07) is 12.4. The number of aryl methyl sites for hydroxylation is 1. The molecule has 8 heteroatoms. The summed E-state index contributed by atoms with van der Waals surface area (Å²) in [7, 11) is 1.61. The first kappa shape index (κ1) is 23.5. The Hall–Kier alpha value is -3.62. The number of carbonyl (C=O) groups excluding carboxylic acids is 2. The molecule has 0 fully saturated rings. The number of benzene rings is 2. The van der Waals surface area contributed by atoms with E-state index >= 15 is 0 Å². The summed E-state index contributed by atoms with van der Waals surface area (Å²) in [6.07, 6.45) is 0. The molecule has 0 aliphatic carbocycles. The van der Waals surface area contributed by atoms with Crippen LogP contribution in [0.15, 0.2) is 42.5 Å². The maximum atomic E-state index is 13.2. The van der Waals surface area contributed by atoms with Gasteiger partial charge in [-0.05, 0) is 61.7 Å². The van der Waals surface area contributed by atoms with Gasteiger partial charge in [-0.15, -0.1) is 11.3 Å². The van der Waals surface area contributed by atoms with Gasteiger partial charge in [0.2, 0.25) is 0 Å². The second-order valence-electron chi connectivity index (χ2n) is 8.15. The van der Waals surface area contributed by atoms with Gasteiger partial charge in [0.05, 0.1) is 22.9 Å². The minimum absolute atomic E-state index is 0.0650. The van der Waals surface area contributed by atoms with Gasteiger partial charge in [0.15, 0.2) is 5.78 Å². The quantitative estimate of drug-likeness (QED) is 0.339. The molecule has 1 amide bonds. The van der Waals surface area contributed by atoms with Gasteiger partial charge in [-0.2, -0.15) is 0 Å². The molecule has 2 heterocycles. The van der Waals surface area contributed by atoms with Crippen molar-refractivity contribution in [3.63, 3.8) is 0 Å². The van der Waals surface area contributed by atoms with Crippen LogP contribution in [0.4, 0.5) is 5.82 Å². The SMILES string of the molecule is COCc1ccc(C(C)=O)c2sc(C(=O)Nc3ccc4c(C(C)C(=O)O)cccc4n3)c(C)c12. The van der Waals surface area contributed by atoms with Crippen LogP contribution >= 0.6 is 11.3 Å². The molecule has 0 radical (unpaired) electrons. The fraction of sp³-hybridized carbons (Fsp3) is 0.231. The number of fused-ring (bicyclic) bond motifs is 2. The minimum Gasteiger partial charge on any atom is -0.481 e. The molecule has 1 unspecified atom stereocenters. The van der Waals surface area contributed by atoms with Crippen LogP contribution in [0.2, 0.25) is 0 Å². The zero-order valence-electron chi connectivity index (χ0n) is 19.3. The first-order valence-electron chi connectivity index (χ1n) is 10.7. The monoisotopic (exact) mass is 476 g/mol. The number of carboxylic acid groups (broad SMARTS) is 1. The number of nitrogens with one attached hydrogen (secondary N) is 1. The molecule has 7 nitrogen and oxygen atoms in total. The number of aromatic nitrogens is 1. The molecular weight excluding hydrogens is 452 g/mol. The molecule has 34 heavy (non-hydrogen) atoms. The summed E-state index contributed by atoms with van der Waals surface area (Å²) in [5.41, 5.74) is 3.53. The lowest BCUT2D eigenvalue weighted by molar-refractivity contribution is -0.138. The van der Waals surface area contributed by atoms with E-state index in [4.69, 9.17) is 4.74 Å². The summed E-state index contributed by atoms with van der Waals surface area (Å²) < 4.78 is 6.08. The van der Waals surface area contributed by atoms with Crippen molar-refractivity contribution < 1.29 is 24.2 Å². The molecule has 0 saturated carbocycles. The number of ether oxygens (including phenoxy) is 1. The molecule has 4 rings (SSSR count). The van der Waals surface area contributed by atoms with Crippen LogP contribution in [0.25, 0.3) is 21.0 Å². The molecule has 2 aromatic heterocycles. The van der Waals surface area contributed by atoms with Crippen molar-refractivity contribution in [2.45, 2.75) is 33.3 Å². The van der Waals surface area contributed by atoms with Gasteiger partial charge in [0.1, 0.15) is 5.82 Å². The van der Waals surface area contributed by atoms with E-state index in [1.54, 1.807) is 50.4 Å². The van der Waals surface area contributed by atoms with Crippen molar-refractivity contribution in [1.29, 1.82) is 0 Å². The lowest BCUT2D eigenvalue weighted by Gasteiger charge is -2.11. The molecule has 0 spiro atoms. The van der Waals surface area contributed by atoms with Crippen LogP contribution < -0.4 is 5.32 Å². The maximum absolute atomic E-state index is 13.2. The van der Waals surface area contributed by atoms with Crippen LogP contribution in [0.1, 0.15) is 56.5 Å². The van der Waals surface area contributed by atoms with E-state index in [0.717, 1.165) is 26.6 Å². The molecule has 2 aromatic carbocycles. The van der Waals surface area contributed by atoms with Gasteiger partial charge in [-0.25, -0.2) is 4.98 Å². The van der Waals surface area contributed by atoms with E-state index in [0.29, 0.717) is 33.9 Å². The average Bonchev–Trinajstić information content (AvgIpc) is 3.15. The fourth-order valence-electron chi connectivity index (χ4n) is 4.13. The molecule has 2 N–H and O–H groups in total. The second kappa shape index (κ2) is 9.32. The van der Waals surface area contributed by atoms with Crippen LogP contribution in [0.3, 0.4) is 0 Å². The molecule has 0 aliphatic rings. The number of aliphatic carboxylic acids is 1. The number of hydrogen-bond donors (Lipinski definition) is 2. The Morgan fingerprint density at radius 1 is 1.15 bits per heavy atom. The smallest absolute Gasteiger partial charge is 0.310 e. The Morgan fingerprint density at radius 2 is 1.91 bits per heavy atom. The van der Waals surface area contributed by atoms with Crippen molar-refractivity contribution in [3.8, 4) is 0 Å². The number of carboxylic acids is 1. The number of methoxy groups -OCH3 is 1. The molecule has 0 aliphatic heterocycles. The number of ketones is 1. The predicted octanol–water partition coefficient (Wildman–Crippen LogP) is 5.55. The van der Waals surface area contributed by atoms with Crippen molar-refractivity contribution in [2.24, 2.45) is 0 Å². The van der Waals surface area contributed by atoms with Crippen LogP contribution in [0.5, 0.6) is 0 Å². The van der Waals surface area contributed by atoms with Crippen molar-refractivity contribution in [1.82, 2.24) is 4.98 Å². The second-order valence-corrected chi connectivity index (χ2v) is 9.17. The van der Waals surface area contributed by atoms with Gasteiger partial charge >= 0.3 is 5.97 Å². The van der Waals surface area contributed by atoms with E-state index in [-0.39, 0.29) is 11.7 Å². The average molecular weight is 477 g/mol. The van der Waals surface area contributed by atoms with Crippen molar-refractivity contribution in [3.05, 3.63) is 69.6 Å². The third-order valence-electron chi connectivity index (χ3n) is 5.89. The molecule has 174 valence electrons. The summed E-state index contributed by atoms with van der Waals surface area (Å²) in [6.45, 7) is 5.38. The van der Waals surface area contributed by atoms with E-state index in [1.165, 1.54) is 18.3 Å². The summed E-state index contributed by atoms with van der Waals surface area (Å²) in [5, 5.41) is 13.8. The lowest BCUT2D eigenvalue weighted by Crippen LogP contribution is -2.13. The molecule has 0 saturated heterocycles. The Balaban J connectivity index is 1.73. The number of hydrogen-bond acceptors (Lipinski definition) is 6. The first-order chi connectivity index (χ1) is 16.2. The lowest BCUT2D eigenvalue weighted by atomic mass is 9.97. The number of Topliss-reactive ketones (excluding diaryl/α,β-unsaturated/α-hetero) is 1. The van der Waals surface area contributed by atoms with Gasteiger partial charge < -0.3 is 15.2 Å². The Labute approximate surface area is 200 Å². The normalized spacial score (nSPS) is 12.1. The van der Waals surface area contributed by atoms with Crippen LogP contribution in [-0.4, -0.2) is 34.9 Å². The third kappa shape index (κ3) is 4.18. The van der Waals surface area contributed by atoms with Crippen LogP contribution in [-0.2, 0) is 16.1 Å². The number of carbonyl (C=O) groups is 3. The minimum atomic E-state index is -0.914. The summed E-state index contributed by atoms with van der Waals surface area (Å²) >= 11 is 1.28.